The number of anilines is 1. The van der Waals surface area contributed by atoms with Crippen LogP contribution in [-0.4, -0.2) is 128 Å². The Morgan fingerprint density at radius 1 is 0.667 bits per heavy atom. The van der Waals surface area contributed by atoms with Gasteiger partial charge in [-0.25, -0.2) is 43.2 Å². The normalized spacial score (nSPS) is 30.6. The van der Waals surface area contributed by atoms with Gasteiger partial charge in [0.15, 0.2) is 35.1 Å². The summed E-state index contributed by atoms with van der Waals surface area (Å²) in [6.45, 7) is -2.25. The fraction of sp³-hybridized carbons (Fsp3) is 0.524. The van der Waals surface area contributed by atoms with Crippen LogP contribution in [-0.2, 0) is 56.8 Å². The van der Waals surface area contributed by atoms with E-state index in [2.05, 4.69) is 46.9 Å². The smallest absolute Gasteiger partial charge is 0.387 e. The van der Waals surface area contributed by atoms with E-state index >= 15 is 0 Å². The zero-order valence-corrected chi connectivity index (χ0v) is 30.3. The number of nitrogens with two attached hydrogens (primary N) is 1. The Morgan fingerprint density at radius 2 is 1.11 bits per heavy atom. The lowest BCUT2D eigenvalue weighted by Crippen LogP contribution is -2.33. The molecule has 33 heteroatoms. The molecule has 0 amide bonds. The van der Waals surface area contributed by atoms with E-state index in [-0.39, 0.29) is 28.1 Å². The quantitative estimate of drug-likeness (QED) is 0.0582. The molecule has 2 fully saturated rings. The van der Waals surface area contributed by atoms with E-state index in [1.807, 2.05) is 0 Å². The van der Waals surface area contributed by atoms with Crippen LogP contribution in [0.5, 0.6) is 0 Å². The zero-order chi connectivity index (χ0) is 39.5. The maximum Gasteiger partial charge on any atom is 0.490 e. The van der Waals surface area contributed by atoms with Gasteiger partial charge >= 0.3 is 31.3 Å². The van der Waals surface area contributed by atoms with Crippen molar-refractivity contribution in [3.05, 3.63) is 35.7 Å². The van der Waals surface area contributed by atoms with Crippen molar-refractivity contribution in [2.24, 2.45) is 7.05 Å². The molecule has 2 aliphatic heterocycles. The molecular weight excluding hydrogens is 822 g/mol. The first-order chi connectivity index (χ1) is 25.1. The number of nitrogen functional groups attached to an aromatic ring is 1. The average molecular weight is 851 g/mol. The number of imidazole rings is 2. The van der Waals surface area contributed by atoms with Crippen molar-refractivity contribution in [1.82, 2.24) is 38.6 Å². The first-order valence-corrected chi connectivity index (χ1v) is 20.7. The Bertz CT molecular complexity index is 2310. The summed E-state index contributed by atoms with van der Waals surface area (Å²) >= 11 is 0. The van der Waals surface area contributed by atoms with Gasteiger partial charge in [-0.3, -0.25) is 23.0 Å². The highest BCUT2D eigenvalue weighted by Crippen LogP contribution is 2.71. The maximum atomic E-state index is 12.4. The van der Waals surface area contributed by atoms with Crippen LogP contribution in [0.2, 0.25) is 0 Å². The summed E-state index contributed by atoms with van der Waals surface area (Å²) in [6.07, 6.45) is -8.82. The molecule has 12 atom stereocenters. The molecule has 298 valence electrons. The molecule has 6 rings (SSSR count). The number of aliphatic hydroxyl groups is 4. The minimum Gasteiger partial charge on any atom is -0.387 e. The minimum atomic E-state index is -6.21. The van der Waals surface area contributed by atoms with Crippen molar-refractivity contribution >= 4 is 59.4 Å². The summed E-state index contributed by atoms with van der Waals surface area (Å²) in [4.78, 5) is 71.5. The molecule has 54 heavy (non-hydrogen) atoms. The second kappa shape index (κ2) is 14.8. The molecular formula is C21H29N9O20P4. The van der Waals surface area contributed by atoms with Crippen molar-refractivity contribution in [3.8, 4) is 0 Å². The molecule has 29 nitrogen and oxygen atoms in total. The number of hydrogen-bond donors (Lipinski definition) is 9. The second-order valence-electron chi connectivity index (χ2n) is 11.4. The average Bonchev–Trinajstić information content (AvgIpc) is 3.81. The molecule has 4 aromatic rings. The van der Waals surface area contributed by atoms with Crippen molar-refractivity contribution < 1.29 is 89.7 Å². The van der Waals surface area contributed by atoms with E-state index in [1.54, 1.807) is 0 Å². The highest BCUT2D eigenvalue weighted by atomic mass is 31.3. The molecule has 6 heterocycles. The molecule has 0 aliphatic carbocycles. The Kier molecular flexibility index (Phi) is 11.2. The lowest BCUT2D eigenvalue weighted by atomic mass is 10.1. The van der Waals surface area contributed by atoms with Crippen LogP contribution in [0.3, 0.4) is 0 Å². The SMILES string of the molecule is Cn1cnc2c(ncn2[C@@H]2O[C@H](COP(=O)(O)OP(=O)(O)OP(=O)(O)OP(=O)(O)OC[C@H]3O[C@@H](n4cnc5c(N)ncnc54)[C@H](O)[C@@H]3O)[C@@H](O)[C@H]2O)c1=O. The zero-order valence-electron chi connectivity index (χ0n) is 26.8. The van der Waals surface area contributed by atoms with Crippen LogP contribution in [0.4, 0.5) is 5.82 Å². The van der Waals surface area contributed by atoms with Crippen molar-refractivity contribution in [2.75, 3.05) is 18.9 Å². The highest BCUT2D eigenvalue weighted by Gasteiger charge is 2.50. The topological polar surface area (TPSA) is 417 Å². The number of ether oxygens (including phenoxy) is 2. The van der Waals surface area contributed by atoms with Crippen LogP contribution >= 0.6 is 31.3 Å². The molecule has 4 aromatic heterocycles. The van der Waals surface area contributed by atoms with Gasteiger partial charge in [-0.05, 0) is 0 Å². The Morgan fingerprint density at radius 3 is 1.61 bits per heavy atom. The summed E-state index contributed by atoms with van der Waals surface area (Å²) in [7, 11) is -22.6. The minimum absolute atomic E-state index is 0.0176. The van der Waals surface area contributed by atoms with Crippen LogP contribution in [0, 0.1) is 0 Å². The highest BCUT2D eigenvalue weighted by molar-refractivity contribution is 7.69. The third-order valence-corrected chi connectivity index (χ3v) is 13.6. The van der Waals surface area contributed by atoms with Gasteiger partial charge in [0.1, 0.15) is 48.5 Å². The number of aryl methyl sites for hydroxylation is 1. The fourth-order valence-corrected chi connectivity index (χ4v) is 10.2. The van der Waals surface area contributed by atoms with Crippen LogP contribution < -0.4 is 11.3 Å². The van der Waals surface area contributed by atoms with Gasteiger partial charge < -0.3 is 59.8 Å². The Hall–Kier alpha value is -2.98. The third kappa shape index (κ3) is 8.40. The number of phosphoric acid groups is 4. The van der Waals surface area contributed by atoms with Crippen molar-refractivity contribution in [2.45, 2.75) is 49.1 Å². The summed E-state index contributed by atoms with van der Waals surface area (Å²) in [5.74, 6) is -0.0176. The first-order valence-electron chi connectivity index (χ1n) is 14.7. The number of hydrogen-bond acceptors (Lipinski definition) is 22. The molecule has 0 saturated carbocycles. The summed E-state index contributed by atoms with van der Waals surface area (Å²) < 4.78 is 84.5. The monoisotopic (exact) mass is 851 g/mol. The van der Waals surface area contributed by atoms with Gasteiger partial charge in [0.05, 0.1) is 32.2 Å². The van der Waals surface area contributed by atoms with Gasteiger partial charge in [-0.2, -0.15) is 12.9 Å². The Balaban J connectivity index is 1.02. The van der Waals surface area contributed by atoms with E-state index < -0.39 is 99.1 Å². The predicted octanol–water partition coefficient (Wildman–Crippen LogP) is -2.72. The lowest BCUT2D eigenvalue weighted by Gasteiger charge is -2.21. The molecule has 2 aliphatic rings. The first kappa shape index (κ1) is 40.7. The van der Waals surface area contributed by atoms with E-state index in [0.29, 0.717) is 0 Å². The number of fused-ring (bicyclic) bond motifs is 2. The standard InChI is InChI=1S/C21H29N9O20P4/c1-28-5-27-18-11(19(28)35)26-7-30(18)21-15(34)13(32)9(47-21)3-45-52(38,39)49-54(42,43)50-53(40,41)48-51(36,37)44-2-8-12(31)14(33)20(46-8)29-6-25-10-16(22)23-4-24-17(10)29/h4-9,12-15,20-21,31-34H,2-3H2,1H3,(H,36,37)(H,38,39)(H,40,41)(H,42,43)(H2,22,23,24)/t8-,9-,12-,13-,14-,15-,20-,21-/m1/s1. The van der Waals surface area contributed by atoms with Gasteiger partial charge in [-0.1, -0.05) is 0 Å². The van der Waals surface area contributed by atoms with Crippen molar-refractivity contribution in [3.63, 3.8) is 0 Å². The largest absolute Gasteiger partial charge is 0.490 e. The maximum absolute atomic E-state index is 12.4. The fourth-order valence-electron chi connectivity index (χ4n) is 5.23. The van der Waals surface area contributed by atoms with Crippen LogP contribution in [0.1, 0.15) is 12.5 Å². The number of aromatic nitrogens is 8. The Labute approximate surface area is 298 Å². The third-order valence-electron chi connectivity index (χ3n) is 7.68. The summed E-state index contributed by atoms with van der Waals surface area (Å²) in [5, 5.41) is 41.8. The molecule has 0 spiro atoms. The number of nitrogens with zero attached hydrogens (tertiary/aromatic N) is 8. The second-order valence-corrected chi connectivity index (χ2v) is 17.6. The molecule has 0 aromatic carbocycles. The van der Waals surface area contributed by atoms with Gasteiger partial charge in [0, 0.05) is 7.05 Å². The van der Waals surface area contributed by atoms with Crippen LogP contribution in [0.15, 0.2) is 30.1 Å². The van der Waals surface area contributed by atoms with Crippen LogP contribution in [0.25, 0.3) is 22.3 Å². The number of aliphatic hydroxyl groups excluding tert-OH is 4. The molecule has 10 N–H and O–H groups in total. The molecule has 0 radical (unpaired) electrons. The van der Waals surface area contributed by atoms with Gasteiger partial charge in [0.25, 0.3) is 5.56 Å². The number of phosphoric ester groups is 2. The number of rotatable bonds is 14. The van der Waals surface area contributed by atoms with Gasteiger partial charge in [0.2, 0.25) is 0 Å². The van der Waals surface area contributed by atoms with E-state index in [0.717, 1.165) is 39.0 Å². The van der Waals surface area contributed by atoms with Gasteiger partial charge in [-0.15, -0.1) is 0 Å². The summed E-state index contributed by atoms with van der Waals surface area (Å²) in [6, 6.07) is 0. The predicted molar refractivity (Wildman–Crippen MR) is 169 cm³/mol. The molecule has 2 saturated heterocycles. The van der Waals surface area contributed by atoms with E-state index in [1.165, 1.54) is 7.05 Å². The molecule has 4 unspecified atom stereocenters. The van der Waals surface area contributed by atoms with Crippen molar-refractivity contribution in [1.29, 1.82) is 0 Å². The molecule has 0 bridgehead atoms. The lowest BCUT2D eigenvalue weighted by molar-refractivity contribution is -0.0505. The van der Waals surface area contributed by atoms with E-state index in [4.69, 9.17) is 15.2 Å². The summed E-state index contributed by atoms with van der Waals surface area (Å²) in [5.41, 5.74) is 5.19. The van der Waals surface area contributed by atoms with E-state index in [9.17, 15) is 63.1 Å².